The summed E-state index contributed by atoms with van der Waals surface area (Å²) in [5.74, 6) is 0.994. The lowest BCUT2D eigenvalue weighted by Crippen LogP contribution is -2.31. The third-order valence-corrected chi connectivity index (χ3v) is 3.69. The molecule has 112 valence electrons. The third kappa shape index (κ3) is 7.53. The molecule has 0 aliphatic heterocycles. The van der Waals surface area contributed by atoms with Crippen molar-refractivity contribution in [3.63, 3.8) is 0 Å². The number of hydrogen-bond acceptors (Lipinski definition) is 3. The van der Waals surface area contributed by atoms with Crippen molar-refractivity contribution in [1.82, 2.24) is 5.32 Å². The molecule has 0 radical (unpaired) electrons. The van der Waals surface area contributed by atoms with Gasteiger partial charge in [-0.3, -0.25) is 4.79 Å². The maximum atomic E-state index is 11.8. The molecule has 3 N–H and O–H groups in total. The average Bonchev–Trinajstić information content (AvgIpc) is 2.86. The van der Waals surface area contributed by atoms with Crippen LogP contribution in [0.1, 0.15) is 52.4 Å². The standard InChI is InChI=1S/C15H30N2O2/c1-12(2)9-13(11-16)10-15(18)17-7-8-19-14-5-3-4-6-14/h12-14H,3-11,16H2,1-2H3,(H,17,18)/t13-/m0/s1. The quantitative estimate of drug-likeness (QED) is 0.630. The fraction of sp³-hybridized carbons (Fsp3) is 0.933. The highest BCUT2D eigenvalue weighted by Crippen LogP contribution is 2.20. The maximum Gasteiger partial charge on any atom is 0.220 e. The van der Waals surface area contributed by atoms with E-state index in [2.05, 4.69) is 19.2 Å². The molecule has 1 fully saturated rings. The molecule has 4 heteroatoms. The number of nitrogens with two attached hydrogens (primary N) is 1. The predicted octanol–water partition coefficient (Wildman–Crippen LogP) is 2.07. The molecule has 1 rings (SSSR count). The van der Waals surface area contributed by atoms with Crippen LogP contribution in [-0.2, 0) is 9.53 Å². The van der Waals surface area contributed by atoms with Crippen molar-refractivity contribution in [2.75, 3.05) is 19.7 Å². The molecule has 0 saturated heterocycles. The number of rotatable bonds is 9. The van der Waals surface area contributed by atoms with E-state index in [1.807, 2.05) is 0 Å². The van der Waals surface area contributed by atoms with Gasteiger partial charge in [-0.2, -0.15) is 0 Å². The van der Waals surface area contributed by atoms with Gasteiger partial charge in [-0.15, -0.1) is 0 Å². The molecule has 0 aromatic rings. The number of amides is 1. The van der Waals surface area contributed by atoms with Crippen molar-refractivity contribution < 1.29 is 9.53 Å². The van der Waals surface area contributed by atoms with Gasteiger partial charge in [-0.1, -0.05) is 26.7 Å². The van der Waals surface area contributed by atoms with Crippen molar-refractivity contribution in [3.05, 3.63) is 0 Å². The second kappa shape index (κ2) is 9.32. The second-order valence-corrected chi connectivity index (χ2v) is 6.06. The van der Waals surface area contributed by atoms with E-state index >= 15 is 0 Å². The van der Waals surface area contributed by atoms with Crippen LogP contribution in [0.2, 0.25) is 0 Å². The summed E-state index contributed by atoms with van der Waals surface area (Å²) >= 11 is 0. The summed E-state index contributed by atoms with van der Waals surface area (Å²) in [5, 5.41) is 2.93. The van der Waals surface area contributed by atoms with Crippen molar-refractivity contribution in [3.8, 4) is 0 Å². The van der Waals surface area contributed by atoms with Gasteiger partial charge < -0.3 is 15.8 Å². The van der Waals surface area contributed by atoms with E-state index in [0.29, 0.717) is 44.1 Å². The zero-order valence-electron chi connectivity index (χ0n) is 12.5. The lowest BCUT2D eigenvalue weighted by molar-refractivity contribution is -0.122. The first kappa shape index (κ1) is 16.4. The molecular weight excluding hydrogens is 240 g/mol. The molecule has 0 bridgehead atoms. The monoisotopic (exact) mass is 270 g/mol. The summed E-state index contributed by atoms with van der Waals surface area (Å²) in [7, 11) is 0. The largest absolute Gasteiger partial charge is 0.376 e. The van der Waals surface area contributed by atoms with Gasteiger partial charge >= 0.3 is 0 Å². The zero-order chi connectivity index (χ0) is 14.1. The van der Waals surface area contributed by atoms with Crippen molar-refractivity contribution in [1.29, 1.82) is 0 Å². The molecule has 1 aliphatic carbocycles. The van der Waals surface area contributed by atoms with Crippen molar-refractivity contribution in [2.45, 2.75) is 58.5 Å². The second-order valence-electron chi connectivity index (χ2n) is 6.06. The fourth-order valence-electron chi connectivity index (χ4n) is 2.73. The van der Waals surface area contributed by atoms with Gasteiger partial charge in [0.25, 0.3) is 0 Å². The Hall–Kier alpha value is -0.610. The fourth-order valence-corrected chi connectivity index (χ4v) is 2.73. The maximum absolute atomic E-state index is 11.8. The van der Waals surface area contributed by atoms with E-state index in [1.165, 1.54) is 25.7 Å². The minimum absolute atomic E-state index is 0.103. The normalized spacial score (nSPS) is 17.9. The molecule has 0 heterocycles. The Morgan fingerprint density at radius 3 is 2.63 bits per heavy atom. The van der Waals surface area contributed by atoms with E-state index in [1.54, 1.807) is 0 Å². The van der Waals surface area contributed by atoms with Gasteiger partial charge in [0.2, 0.25) is 5.91 Å². The van der Waals surface area contributed by atoms with Gasteiger partial charge in [-0.25, -0.2) is 0 Å². The van der Waals surface area contributed by atoms with Crippen LogP contribution in [-0.4, -0.2) is 31.7 Å². The first-order valence-electron chi connectivity index (χ1n) is 7.70. The van der Waals surface area contributed by atoms with Crippen LogP contribution in [0, 0.1) is 11.8 Å². The van der Waals surface area contributed by atoms with E-state index < -0.39 is 0 Å². The Balaban J connectivity index is 2.05. The number of hydrogen-bond donors (Lipinski definition) is 2. The van der Waals surface area contributed by atoms with Crippen molar-refractivity contribution in [2.24, 2.45) is 17.6 Å². The highest BCUT2D eigenvalue weighted by Gasteiger charge is 2.16. The molecule has 0 spiro atoms. The van der Waals surface area contributed by atoms with Crippen LogP contribution in [0.15, 0.2) is 0 Å². The molecule has 1 aliphatic rings. The molecule has 1 atom stereocenters. The third-order valence-electron chi connectivity index (χ3n) is 3.69. The molecule has 19 heavy (non-hydrogen) atoms. The summed E-state index contributed by atoms with van der Waals surface area (Å²) in [4.78, 5) is 11.8. The summed E-state index contributed by atoms with van der Waals surface area (Å²) in [6.07, 6.45) is 6.90. The highest BCUT2D eigenvalue weighted by molar-refractivity contribution is 5.76. The van der Waals surface area contributed by atoms with Gasteiger partial charge in [0.1, 0.15) is 0 Å². The molecule has 4 nitrogen and oxygen atoms in total. The minimum Gasteiger partial charge on any atom is -0.376 e. The average molecular weight is 270 g/mol. The SMILES string of the molecule is CC(C)C[C@H](CN)CC(=O)NCCOC1CCCC1. The van der Waals surface area contributed by atoms with Gasteiger partial charge in [0.15, 0.2) is 0 Å². The molecule has 0 aromatic carbocycles. The highest BCUT2D eigenvalue weighted by atomic mass is 16.5. The summed E-state index contributed by atoms with van der Waals surface area (Å²) in [6.45, 7) is 6.17. The number of carbonyl (C=O) groups excluding carboxylic acids is 1. The van der Waals surface area contributed by atoms with Crippen LogP contribution in [0.3, 0.4) is 0 Å². The van der Waals surface area contributed by atoms with Crippen LogP contribution in [0.4, 0.5) is 0 Å². The minimum atomic E-state index is 0.103. The van der Waals surface area contributed by atoms with Crippen LogP contribution in [0.25, 0.3) is 0 Å². The lowest BCUT2D eigenvalue weighted by atomic mass is 9.94. The zero-order valence-corrected chi connectivity index (χ0v) is 12.5. The number of carbonyl (C=O) groups is 1. The number of ether oxygens (including phenoxy) is 1. The van der Waals surface area contributed by atoms with Crippen molar-refractivity contribution >= 4 is 5.91 Å². The van der Waals surface area contributed by atoms with Gasteiger partial charge in [-0.05, 0) is 37.6 Å². The van der Waals surface area contributed by atoms with Crippen LogP contribution >= 0.6 is 0 Å². The number of nitrogens with one attached hydrogen (secondary N) is 1. The van der Waals surface area contributed by atoms with E-state index in [9.17, 15) is 4.79 Å². The molecule has 1 amide bonds. The Morgan fingerprint density at radius 2 is 2.05 bits per heavy atom. The van der Waals surface area contributed by atoms with E-state index in [0.717, 1.165) is 6.42 Å². The topological polar surface area (TPSA) is 64.4 Å². The molecule has 0 aromatic heterocycles. The Labute approximate surface area is 117 Å². The molecule has 0 unspecified atom stereocenters. The van der Waals surface area contributed by atoms with Crippen LogP contribution in [0.5, 0.6) is 0 Å². The van der Waals surface area contributed by atoms with Gasteiger partial charge in [0.05, 0.1) is 12.7 Å². The molecule has 1 saturated carbocycles. The Bertz CT molecular complexity index is 251. The molecular formula is C15H30N2O2. The smallest absolute Gasteiger partial charge is 0.220 e. The van der Waals surface area contributed by atoms with Gasteiger partial charge in [0, 0.05) is 13.0 Å². The van der Waals surface area contributed by atoms with Crippen LogP contribution < -0.4 is 11.1 Å². The Morgan fingerprint density at radius 1 is 1.37 bits per heavy atom. The lowest BCUT2D eigenvalue weighted by Gasteiger charge is -2.17. The first-order chi connectivity index (χ1) is 9.11. The first-order valence-corrected chi connectivity index (χ1v) is 7.70. The summed E-state index contributed by atoms with van der Waals surface area (Å²) < 4.78 is 5.71. The predicted molar refractivity (Wildman–Crippen MR) is 77.8 cm³/mol. The van der Waals surface area contributed by atoms with E-state index in [-0.39, 0.29) is 5.91 Å². The Kier molecular flexibility index (Phi) is 8.07. The summed E-state index contributed by atoms with van der Waals surface area (Å²) in [6, 6.07) is 0. The summed E-state index contributed by atoms with van der Waals surface area (Å²) in [5.41, 5.74) is 5.70. The van der Waals surface area contributed by atoms with E-state index in [4.69, 9.17) is 10.5 Å².